The zero-order valence-corrected chi connectivity index (χ0v) is 12.6. The summed E-state index contributed by atoms with van der Waals surface area (Å²) in [6.45, 7) is 11.9. The van der Waals surface area contributed by atoms with Gasteiger partial charge in [0.2, 0.25) is 0 Å². The standard InChI is InChI=1S/C9H13N.C7H15NO/c1-7(2)8-3-5-9(10)6-4-8;1-2-3-8-4-6-9-7-5-8/h3-7H,10H2,1-2H3;2-7H2,1H3. The van der Waals surface area contributed by atoms with Gasteiger partial charge in [-0.05, 0) is 36.6 Å². The fraction of sp³-hybridized carbons (Fsp3) is 0.625. The predicted octanol–water partition coefficient (Wildman–Crippen LogP) is 3.12. The molecule has 0 aliphatic carbocycles. The summed E-state index contributed by atoms with van der Waals surface area (Å²) in [5.74, 6) is 0.598. The molecule has 0 spiro atoms. The molecule has 1 aliphatic heterocycles. The van der Waals surface area contributed by atoms with Crippen molar-refractivity contribution in [1.82, 2.24) is 4.90 Å². The van der Waals surface area contributed by atoms with Crippen molar-refractivity contribution in [3.63, 3.8) is 0 Å². The molecule has 1 fully saturated rings. The Labute approximate surface area is 117 Å². The van der Waals surface area contributed by atoms with Gasteiger partial charge >= 0.3 is 0 Å². The lowest BCUT2D eigenvalue weighted by Crippen LogP contribution is -2.36. The number of nitrogens with two attached hydrogens (primary N) is 1. The largest absolute Gasteiger partial charge is 0.399 e. The van der Waals surface area contributed by atoms with E-state index in [0.29, 0.717) is 5.92 Å². The minimum absolute atomic E-state index is 0.598. The lowest BCUT2D eigenvalue weighted by molar-refractivity contribution is 0.0380. The van der Waals surface area contributed by atoms with Crippen molar-refractivity contribution >= 4 is 5.69 Å². The smallest absolute Gasteiger partial charge is 0.0594 e. The third-order valence-corrected chi connectivity index (χ3v) is 3.25. The highest BCUT2D eigenvalue weighted by atomic mass is 16.5. The monoisotopic (exact) mass is 264 g/mol. The highest BCUT2D eigenvalue weighted by molar-refractivity contribution is 5.39. The van der Waals surface area contributed by atoms with E-state index in [0.717, 1.165) is 32.0 Å². The van der Waals surface area contributed by atoms with Gasteiger partial charge in [0.1, 0.15) is 0 Å². The summed E-state index contributed by atoms with van der Waals surface area (Å²) in [6, 6.07) is 8.02. The summed E-state index contributed by atoms with van der Waals surface area (Å²) < 4.78 is 5.20. The minimum Gasteiger partial charge on any atom is -0.399 e. The Morgan fingerprint density at radius 3 is 2.21 bits per heavy atom. The molecule has 19 heavy (non-hydrogen) atoms. The first-order valence-corrected chi connectivity index (χ1v) is 7.29. The molecule has 1 aliphatic rings. The average Bonchev–Trinajstić information content (AvgIpc) is 2.41. The highest BCUT2D eigenvalue weighted by Crippen LogP contribution is 2.14. The summed E-state index contributed by atoms with van der Waals surface area (Å²) in [6.07, 6.45) is 1.26. The lowest BCUT2D eigenvalue weighted by atomic mass is 10.0. The van der Waals surface area contributed by atoms with Crippen LogP contribution in [0.1, 0.15) is 38.7 Å². The second kappa shape index (κ2) is 8.94. The fourth-order valence-corrected chi connectivity index (χ4v) is 2.02. The molecule has 108 valence electrons. The number of ether oxygens (including phenoxy) is 1. The average molecular weight is 264 g/mol. The molecular formula is C16H28N2O. The quantitative estimate of drug-likeness (QED) is 0.853. The SMILES string of the molecule is CC(C)c1ccc(N)cc1.CCCN1CCOCC1. The molecular weight excluding hydrogens is 236 g/mol. The van der Waals surface area contributed by atoms with Crippen LogP contribution in [0.3, 0.4) is 0 Å². The second-order valence-electron chi connectivity index (χ2n) is 5.28. The van der Waals surface area contributed by atoms with Crippen molar-refractivity contribution in [2.75, 3.05) is 38.6 Å². The molecule has 0 amide bonds. The molecule has 0 radical (unpaired) electrons. The molecule has 1 saturated heterocycles. The lowest BCUT2D eigenvalue weighted by Gasteiger charge is -2.25. The summed E-state index contributed by atoms with van der Waals surface area (Å²) in [4.78, 5) is 2.45. The van der Waals surface area contributed by atoms with Gasteiger partial charge in [0, 0.05) is 18.8 Å². The summed E-state index contributed by atoms with van der Waals surface area (Å²) >= 11 is 0. The summed E-state index contributed by atoms with van der Waals surface area (Å²) in [5.41, 5.74) is 7.71. The Hall–Kier alpha value is -1.06. The Morgan fingerprint density at radius 2 is 1.74 bits per heavy atom. The van der Waals surface area contributed by atoms with E-state index in [9.17, 15) is 0 Å². The van der Waals surface area contributed by atoms with E-state index in [2.05, 4.69) is 37.8 Å². The summed E-state index contributed by atoms with van der Waals surface area (Å²) in [5, 5.41) is 0. The molecule has 3 heteroatoms. The Morgan fingerprint density at radius 1 is 1.16 bits per heavy atom. The first-order chi connectivity index (χ1) is 9.13. The number of morpholine rings is 1. The summed E-state index contributed by atoms with van der Waals surface area (Å²) in [7, 11) is 0. The third kappa shape index (κ3) is 6.60. The van der Waals surface area contributed by atoms with Crippen LogP contribution in [0.2, 0.25) is 0 Å². The van der Waals surface area contributed by atoms with Gasteiger partial charge in [-0.15, -0.1) is 0 Å². The normalized spacial score (nSPS) is 16.0. The van der Waals surface area contributed by atoms with Crippen molar-refractivity contribution < 1.29 is 4.74 Å². The first-order valence-electron chi connectivity index (χ1n) is 7.29. The van der Waals surface area contributed by atoms with Gasteiger partial charge in [0.15, 0.2) is 0 Å². The Balaban J connectivity index is 0.000000191. The fourth-order valence-electron chi connectivity index (χ4n) is 2.02. The van der Waals surface area contributed by atoms with Crippen molar-refractivity contribution in [2.45, 2.75) is 33.1 Å². The molecule has 1 aromatic rings. The number of anilines is 1. The number of rotatable bonds is 3. The predicted molar refractivity (Wildman–Crippen MR) is 82.5 cm³/mol. The van der Waals surface area contributed by atoms with Gasteiger partial charge < -0.3 is 10.5 Å². The molecule has 0 unspecified atom stereocenters. The molecule has 0 saturated carbocycles. The number of benzene rings is 1. The third-order valence-electron chi connectivity index (χ3n) is 3.25. The van der Waals surface area contributed by atoms with E-state index in [4.69, 9.17) is 10.5 Å². The van der Waals surface area contributed by atoms with E-state index in [1.54, 1.807) is 0 Å². The van der Waals surface area contributed by atoms with E-state index in [1.807, 2.05) is 12.1 Å². The molecule has 0 atom stereocenters. The van der Waals surface area contributed by atoms with Gasteiger partial charge in [-0.25, -0.2) is 0 Å². The maximum absolute atomic E-state index is 5.53. The molecule has 1 aromatic carbocycles. The molecule has 0 bridgehead atoms. The zero-order chi connectivity index (χ0) is 14.1. The number of nitrogen functional groups attached to an aromatic ring is 1. The van der Waals surface area contributed by atoms with Gasteiger partial charge in [-0.2, -0.15) is 0 Å². The van der Waals surface area contributed by atoms with Crippen LogP contribution in [0.4, 0.5) is 5.69 Å². The second-order valence-corrected chi connectivity index (χ2v) is 5.28. The van der Waals surface area contributed by atoms with Gasteiger partial charge in [0.05, 0.1) is 13.2 Å². The first kappa shape index (κ1) is 16.0. The van der Waals surface area contributed by atoms with E-state index < -0.39 is 0 Å². The van der Waals surface area contributed by atoms with Crippen LogP contribution in [0.15, 0.2) is 24.3 Å². The number of nitrogens with zero attached hydrogens (tertiary/aromatic N) is 1. The Kier molecular flexibility index (Phi) is 7.53. The molecule has 0 aromatic heterocycles. The molecule has 3 nitrogen and oxygen atoms in total. The number of hydrogen-bond donors (Lipinski definition) is 1. The van der Waals surface area contributed by atoms with Crippen LogP contribution in [-0.2, 0) is 4.74 Å². The molecule has 2 N–H and O–H groups in total. The van der Waals surface area contributed by atoms with Crippen LogP contribution in [0.25, 0.3) is 0 Å². The van der Waals surface area contributed by atoms with Crippen LogP contribution in [0.5, 0.6) is 0 Å². The highest BCUT2D eigenvalue weighted by Gasteiger charge is 2.07. The van der Waals surface area contributed by atoms with Crippen molar-refractivity contribution in [1.29, 1.82) is 0 Å². The van der Waals surface area contributed by atoms with Crippen LogP contribution in [-0.4, -0.2) is 37.7 Å². The molecule has 1 heterocycles. The van der Waals surface area contributed by atoms with E-state index >= 15 is 0 Å². The zero-order valence-electron chi connectivity index (χ0n) is 12.6. The van der Waals surface area contributed by atoms with Gasteiger partial charge in [0.25, 0.3) is 0 Å². The number of hydrogen-bond acceptors (Lipinski definition) is 3. The van der Waals surface area contributed by atoms with Gasteiger partial charge in [-0.1, -0.05) is 32.9 Å². The van der Waals surface area contributed by atoms with Crippen LogP contribution in [0, 0.1) is 0 Å². The topological polar surface area (TPSA) is 38.5 Å². The minimum atomic E-state index is 0.598. The van der Waals surface area contributed by atoms with Crippen molar-refractivity contribution in [3.05, 3.63) is 29.8 Å². The van der Waals surface area contributed by atoms with Crippen molar-refractivity contribution in [2.24, 2.45) is 0 Å². The maximum atomic E-state index is 5.53. The van der Waals surface area contributed by atoms with E-state index in [1.165, 1.54) is 18.5 Å². The van der Waals surface area contributed by atoms with Crippen molar-refractivity contribution in [3.8, 4) is 0 Å². The Bertz CT molecular complexity index is 326. The van der Waals surface area contributed by atoms with E-state index in [-0.39, 0.29) is 0 Å². The van der Waals surface area contributed by atoms with Crippen LogP contribution >= 0.6 is 0 Å². The maximum Gasteiger partial charge on any atom is 0.0594 e. The molecule has 2 rings (SSSR count). The van der Waals surface area contributed by atoms with Crippen LogP contribution < -0.4 is 5.73 Å². The van der Waals surface area contributed by atoms with Gasteiger partial charge in [-0.3, -0.25) is 4.90 Å².